The Morgan fingerprint density at radius 2 is 1.46 bits per heavy atom. The lowest BCUT2D eigenvalue weighted by Gasteiger charge is -2.04. The van der Waals surface area contributed by atoms with E-state index < -0.39 is 5.97 Å². The van der Waals surface area contributed by atoms with E-state index in [1.165, 1.54) is 13.3 Å². The first-order valence-corrected chi connectivity index (χ1v) is 7.74. The Balaban J connectivity index is 1.70. The number of nitrogens with zero attached hydrogens (tertiary/aromatic N) is 1. The smallest absolute Gasteiger partial charge is 0.347 e. The van der Waals surface area contributed by atoms with Crippen LogP contribution in [-0.2, 0) is 14.4 Å². The van der Waals surface area contributed by atoms with Gasteiger partial charge in [-0.1, -0.05) is 5.16 Å². The molecule has 0 heterocycles. The summed E-state index contributed by atoms with van der Waals surface area (Å²) in [4.78, 5) is 28.3. The molecule has 26 heavy (non-hydrogen) atoms. The van der Waals surface area contributed by atoms with Crippen molar-refractivity contribution in [3.05, 3.63) is 59.7 Å². The standard InChI is InChI=1S/C19H19NO6/c1-23-16-7-3-14(4-8-16)11-20-26-13-19(22)25-12-18(21)15-5-9-17(24-2)10-6-15/h3-11H,12-13H2,1-2H3/b20-11-. The van der Waals surface area contributed by atoms with E-state index in [0.29, 0.717) is 11.3 Å². The van der Waals surface area contributed by atoms with Gasteiger partial charge in [-0.15, -0.1) is 0 Å². The zero-order valence-electron chi connectivity index (χ0n) is 14.5. The van der Waals surface area contributed by atoms with Crippen molar-refractivity contribution in [2.24, 2.45) is 5.16 Å². The van der Waals surface area contributed by atoms with Gasteiger partial charge in [0, 0.05) is 5.56 Å². The lowest BCUT2D eigenvalue weighted by atomic mass is 10.1. The van der Waals surface area contributed by atoms with Gasteiger partial charge < -0.3 is 19.0 Å². The maximum Gasteiger partial charge on any atom is 0.347 e. The van der Waals surface area contributed by atoms with E-state index >= 15 is 0 Å². The maximum atomic E-state index is 11.9. The molecule has 0 atom stereocenters. The lowest BCUT2D eigenvalue weighted by molar-refractivity contribution is -0.147. The van der Waals surface area contributed by atoms with E-state index in [2.05, 4.69) is 5.16 Å². The lowest BCUT2D eigenvalue weighted by Crippen LogP contribution is -2.17. The summed E-state index contributed by atoms with van der Waals surface area (Å²) in [6.07, 6.45) is 1.45. The monoisotopic (exact) mass is 357 g/mol. The van der Waals surface area contributed by atoms with Gasteiger partial charge in [0.25, 0.3) is 0 Å². The highest BCUT2D eigenvalue weighted by atomic mass is 16.7. The summed E-state index contributed by atoms with van der Waals surface area (Å²) in [7, 11) is 3.12. The summed E-state index contributed by atoms with van der Waals surface area (Å²) in [6, 6.07) is 13.7. The van der Waals surface area contributed by atoms with Crippen LogP contribution in [-0.4, -0.2) is 45.4 Å². The Bertz CT molecular complexity index is 753. The zero-order valence-corrected chi connectivity index (χ0v) is 14.5. The number of benzene rings is 2. The number of carbonyl (C=O) groups excluding carboxylic acids is 2. The summed E-state index contributed by atoms with van der Waals surface area (Å²) < 4.78 is 14.9. The second-order valence-electron chi connectivity index (χ2n) is 5.09. The second kappa shape index (κ2) is 9.83. The normalized spacial score (nSPS) is 10.4. The number of methoxy groups -OCH3 is 2. The van der Waals surface area contributed by atoms with Gasteiger partial charge in [0.2, 0.25) is 6.61 Å². The molecule has 0 fully saturated rings. The zero-order chi connectivity index (χ0) is 18.8. The molecule has 0 unspecified atom stereocenters. The van der Waals surface area contributed by atoms with Gasteiger partial charge in [0.1, 0.15) is 11.5 Å². The third-order valence-electron chi connectivity index (χ3n) is 3.35. The van der Waals surface area contributed by atoms with Crippen molar-refractivity contribution in [1.29, 1.82) is 0 Å². The molecule has 0 aliphatic carbocycles. The molecule has 0 spiro atoms. The van der Waals surface area contributed by atoms with E-state index in [-0.39, 0.29) is 19.0 Å². The molecule has 0 saturated carbocycles. The van der Waals surface area contributed by atoms with E-state index in [1.807, 2.05) is 0 Å². The quantitative estimate of drug-likeness (QED) is 0.297. The SMILES string of the molecule is COc1ccc(/C=N\OCC(=O)OCC(=O)c2ccc(OC)cc2)cc1. The summed E-state index contributed by atoms with van der Waals surface area (Å²) in [5, 5.41) is 3.68. The summed E-state index contributed by atoms with van der Waals surface area (Å²) >= 11 is 0. The van der Waals surface area contributed by atoms with Crippen molar-refractivity contribution in [2.45, 2.75) is 0 Å². The fourth-order valence-electron chi connectivity index (χ4n) is 1.93. The van der Waals surface area contributed by atoms with Gasteiger partial charge in [0.15, 0.2) is 12.4 Å². The number of Topliss-reactive ketones (excluding diaryl/α,β-unsaturated/α-hetero) is 1. The Labute approximate surface area is 151 Å². The molecule has 2 aromatic carbocycles. The second-order valence-corrected chi connectivity index (χ2v) is 5.09. The molecule has 7 heteroatoms. The molecule has 0 aliphatic heterocycles. The summed E-state index contributed by atoms with van der Waals surface area (Å²) in [6.45, 7) is -0.751. The Morgan fingerprint density at radius 1 is 0.885 bits per heavy atom. The van der Waals surface area contributed by atoms with Crippen molar-refractivity contribution < 1.29 is 28.6 Å². The molecular weight excluding hydrogens is 338 g/mol. The number of oxime groups is 1. The van der Waals surface area contributed by atoms with Crippen molar-refractivity contribution in [3.63, 3.8) is 0 Å². The van der Waals surface area contributed by atoms with Gasteiger partial charge in [-0.3, -0.25) is 4.79 Å². The first-order chi connectivity index (χ1) is 12.6. The van der Waals surface area contributed by atoms with Crippen LogP contribution in [0.15, 0.2) is 53.7 Å². The fourth-order valence-corrected chi connectivity index (χ4v) is 1.93. The van der Waals surface area contributed by atoms with Crippen LogP contribution in [0.4, 0.5) is 0 Å². The minimum absolute atomic E-state index is 0.317. The average Bonchev–Trinajstić information content (AvgIpc) is 2.70. The van der Waals surface area contributed by atoms with Crippen LogP contribution < -0.4 is 9.47 Å². The van der Waals surface area contributed by atoms with Crippen LogP contribution in [0, 0.1) is 0 Å². The number of hydrogen-bond acceptors (Lipinski definition) is 7. The average molecular weight is 357 g/mol. The van der Waals surface area contributed by atoms with Crippen LogP contribution in [0.25, 0.3) is 0 Å². The molecule has 0 N–H and O–H groups in total. The predicted octanol–water partition coefficient (Wildman–Crippen LogP) is 2.48. The van der Waals surface area contributed by atoms with E-state index in [4.69, 9.17) is 19.0 Å². The molecule has 0 saturated heterocycles. The number of ether oxygens (including phenoxy) is 3. The van der Waals surface area contributed by atoms with Crippen molar-refractivity contribution in [1.82, 2.24) is 0 Å². The number of carbonyl (C=O) groups is 2. The minimum atomic E-state index is -0.682. The van der Waals surface area contributed by atoms with Crippen LogP contribution in [0.5, 0.6) is 11.5 Å². The largest absolute Gasteiger partial charge is 0.497 e. The van der Waals surface area contributed by atoms with Crippen LogP contribution in [0.1, 0.15) is 15.9 Å². The van der Waals surface area contributed by atoms with Crippen molar-refractivity contribution in [3.8, 4) is 11.5 Å². The Hall–Kier alpha value is -3.35. The number of ketones is 1. The highest BCUT2D eigenvalue weighted by Gasteiger charge is 2.10. The molecular formula is C19H19NO6. The maximum absolute atomic E-state index is 11.9. The molecule has 2 rings (SSSR count). The van der Waals surface area contributed by atoms with Gasteiger partial charge in [-0.25, -0.2) is 4.79 Å². The van der Waals surface area contributed by atoms with Crippen LogP contribution in [0.3, 0.4) is 0 Å². The fraction of sp³-hybridized carbons (Fsp3) is 0.211. The molecule has 0 amide bonds. The van der Waals surface area contributed by atoms with Gasteiger partial charge in [-0.2, -0.15) is 0 Å². The number of esters is 1. The highest BCUT2D eigenvalue weighted by Crippen LogP contribution is 2.12. The number of rotatable bonds is 9. The minimum Gasteiger partial charge on any atom is -0.497 e. The molecule has 136 valence electrons. The van der Waals surface area contributed by atoms with Gasteiger partial charge >= 0.3 is 5.97 Å². The van der Waals surface area contributed by atoms with Crippen LogP contribution in [0.2, 0.25) is 0 Å². The first-order valence-electron chi connectivity index (χ1n) is 7.74. The van der Waals surface area contributed by atoms with Crippen molar-refractivity contribution >= 4 is 18.0 Å². The predicted molar refractivity (Wildman–Crippen MR) is 94.8 cm³/mol. The molecule has 0 radical (unpaired) electrons. The summed E-state index contributed by atoms with van der Waals surface area (Å²) in [5.41, 5.74) is 1.21. The molecule has 7 nitrogen and oxygen atoms in total. The van der Waals surface area contributed by atoms with E-state index in [9.17, 15) is 9.59 Å². The molecule has 0 aromatic heterocycles. The third-order valence-corrected chi connectivity index (χ3v) is 3.35. The van der Waals surface area contributed by atoms with Gasteiger partial charge in [0.05, 0.1) is 20.4 Å². The third kappa shape index (κ3) is 5.94. The number of hydrogen-bond donors (Lipinski definition) is 0. The van der Waals surface area contributed by atoms with E-state index in [1.54, 1.807) is 55.6 Å². The topological polar surface area (TPSA) is 83.4 Å². The van der Waals surface area contributed by atoms with Crippen LogP contribution >= 0.6 is 0 Å². The first kappa shape index (κ1) is 19.0. The molecule has 2 aromatic rings. The van der Waals surface area contributed by atoms with Crippen molar-refractivity contribution in [2.75, 3.05) is 27.4 Å². The Kier molecular flexibility index (Phi) is 7.17. The Morgan fingerprint density at radius 3 is 2.04 bits per heavy atom. The molecule has 0 aliphatic rings. The van der Waals surface area contributed by atoms with Gasteiger partial charge in [-0.05, 0) is 54.1 Å². The highest BCUT2D eigenvalue weighted by molar-refractivity contribution is 5.98. The molecule has 0 bridgehead atoms. The summed E-state index contributed by atoms with van der Waals surface area (Å²) in [5.74, 6) is 0.372. The van der Waals surface area contributed by atoms with E-state index in [0.717, 1.165) is 11.3 Å².